The van der Waals surface area contributed by atoms with Gasteiger partial charge in [-0.2, -0.15) is 11.8 Å². The van der Waals surface area contributed by atoms with Crippen molar-refractivity contribution in [2.75, 3.05) is 51.0 Å². The van der Waals surface area contributed by atoms with Gasteiger partial charge < -0.3 is 14.8 Å². The second kappa shape index (κ2) is 9.47. The van der Waals surface area contributed by atoms with Crippen LogP contribution >= 0.6 is 23.1 Å². The first-order chi connectivity index (χ1) is 14.2. The van der Waals surface area contributed by atoms with Crippen LogP contribution < -0.4 is 10.1 Å². The zero-order valence-corrected chi connectivity index (χ0v) is 18.3. The van der Waals surface area contributed by atoms with Crippen LogP contribution in [0.4, 0.5) is 0 Å². The standard InChI is InChI=1S/C21H27N3O3S2/c1-2-27-17-5-3-16(4-6-17)20-23-18(13-29-20)19(25)22-14-21(7-12-28-15-21)24-8-10-26-11-9-24/h3-6,13H,2,7-12,14-15H2,1H3,(H,22,25). The molecule has 1 unspecified atom stereocenters. The first-order valence-corrected chi connectivity index (χ1v) is 12.1. The first-order valence-electron chi connectivity index (χ1n) is 10.1. The summed E-state index contributed by atoms with van der Waals surface area (Å²) in [6.07, 6.45) is 1.10. The van der Waals surface area contributed by atoms with Crippen molar-refractivity contribution in [1.29, 1.82) is 0 Å². The van der Waals surface area contributed by atoms with Crippen molar-refractivity contribution in [2.24, 2.45) is 0 Å². The number of nitrogens with one attached hydrogen (secondary N) is 1. The van der Waals surface area contributed by atoms with E-state index < -0.39 is 0 Å². The Hall–Kier alpha value is -1.61. The van der Waals surface area contributed by atoms with Crippen LogP contribution in [-0.2, 0) is 4.74 Å². The van der Waals surface area contributed by atoms with E-state index in [0.717, 1.165) is 60.6 Å². The molecular weight excluding hydrogens is 406 g/mol. The van der Waals surface area contributed by atoms with Crippen LogP contribution in [0.25, 0.3) is 10.6 Å². The number of hydrogen-bond donors (Lipinski definition) is 1. The van der Waals surface area contributed by atoms with Gasteiger partial charge in [0, 0.05) is 41.9 Å². The molecule has 2 aliphatic rings. The number of thiazole rings is 1. The predicted molar refractivity (Wildman–Crippen MR) is 118 cm³/mol. The maximum atomic E-state index is 12.8. The van der Waals surface area contributed by atoms with E-state index in [2.05, 4.69) is 15.2 Å². The largest absolute Gasteiger partial charge is 0.494 e. The SMILES string of the molecule is CCOc1ccc(-c2nc(C(=O)NCC3(N4CCOCC4)CCSC3)cs2)cc1. The lowest BCUT2D eigenvalue weighted by Crippen LogP contribution is -2.59. The second-order valence-corrected chi connectivity index (χ2v) is 9.27. The Bertz CT molecular complexity index is 813. The number of nitrogens with zero attached hydrogens (tertiary/aromatic N) is 2. The summed E-state index contributed by atoms with van der Waals surface area (Å²) in [7, 11) is 0. The van der Waals surface area contributed by atoms with Crippen LogP contribution in [0.15, 0.2) is 29.6 Å². The molecule has 29 heavy (non-hydrogen) atoms. The van der Waals surface area contributed by atoms with Crippen LogP contribution in [-0.4, -0.2) is 72.3 Å². The highest BCUT2D eigenvalue weighted by molar-refractivity contribution is 7.99. The minimum absolute atomic E-state index is 0.0397. The third kappa shape index (κ3) is 4.77. The van der Waals surface area contributed by atoms with E-state index >= 15 is 0 Å². The van der Waals surface area contributed by atoms with Crippen LogP contribution in [0, 0.1) is 0 Å². The lowest BCUT2D eigenvalue weighted by molar-refractivity contribution is -0.0129. The molecule has 2 saturated heterocycles. The van der Waals surface area contributed by atoms with E-state index in [0.29, 0.717) is 18.8 Å². The van der Waals surface area contributed by atoms with E-state index in [1.54, 1.807) is 0 Å². The molecule has 0 radical (unpaired) electrons. The van der Waals surface area contributed by atoms with Gasteiger partial charge in [-0.1, -0.05) is 0 Å². The van der Waals surface area contributed by atoms with Gasteiger partial charge in [-0.05, 0) is 43.4 Å². The maximum absolute atomic E-state index is 12.8. The monoisotopic (exact) mass is 433 g/mol. The summed E-state index contributed by atoms with van der Waals surface area (Å²) in [6.45, 7) is 6.70. The summed E-state index contributed by atoms with van der Waals surface area (Å²) >= 11 is 3.46. The van der Waals surface area contributed by atoms with Crippen molar-refractivity contribution in [1.82, 2.24) is 15.2 Å². The zero-order valence-electron chi connectivity index (χ0n) is 16.7. The highest BCUT2D eigenvalue weighted by Crippen LogP contribution is 2.34. The molecule has 2 aromatic rings. The molecule has 1 atom stereocenters. The van der Waals surface area contributed by atoms with Crippen molar-refractivity contribution >= 4 is 29.0 Å². The molecule has 156 valence electrons. The van der Waals surface area contributed by atoms with Crippen LogP contribution in [0.2, 0.25) is 0 Å². The average molecular weight is 434 g/mol. The van der Waals surface area contributed by atoms with Gasteiger partial charge in [-0.15, -0.1) is 11.3 Å². The number of thioether (sulfide) groups is 1. The van der Waals surface area contributed by atoms with Crippen molar-refractivity contribution in [3.8, 4) is 16.3 Å². The molecule has 4 rings (SSSR count). The molecular formula is C21H27N3O3S2. The number of benzene rings is 1. The quantitative estimate of drug-likeness (QED) is 0.724. The van der Waals surface area contributed by atoms with Crippen LogP contribution in [0.1, 0.15) is 23.8 Å². The van der Waals surface area contributed by atoms with E-state index in [9.17, 15) is 4.79 Å². The number of hydrogen-bond acceptors (Lipinski definition) is 7. The Morgan fingerprint density at radius 2 is 2.10 bits per heavy atom. The molecule has 3 heterocycles. The van der Waals surface area contributed by atoms with E-state index in [4.69, 9.17) is 9.47 Å². The number of rotatable bonds is 7. The minimum atomic E-state index is -0.0945. The molecule has 1 N–H and O–H groups in total. The number of amides is 1. The van der Waals surface area contributed by atoms with Crippen molar-refractivity contribution in [2.45, 2.75) is 18.9 Å². The Labute approximate surface area is 180 Å². The summed E-state index contributed by atoms with van der Waals surface area (Å²) in [6, 6.07) is 7.83. The van der Waals surface area contributed by atoms with Crippen molar-refractivity contribution in [3.63, 3.8) is 0 Å². The normalized spacial score (nSPS) is 22.5. The van der Waals surface area contributed by atoms with Gasteiger partial charge >= 0.3 is 0 Å². The van der Waals surface area contributed by atoms with E-state index in [1.807, 2.05) is 48.3 Å². The van der Waals surface area contributed by atoms with Gasteiger partial charge in [0.25, 0.3) is 5.91 Å². The number of aromatic nitrogens is 1. The number of carbonyl (C=O) groups is 1. The topological polar surface area (TPSA) is 63.7 Å². The van der Waals surface area contributed by atoms with Gasteiger partial charge in [0.05, 0.1) is 19.8 Å². The summed E-state index contributed by atoms with van der Waals surface area (Å²) < 4.78 is 11.0. The fourth-order valence-electron chi connectivity index (χ4n) is 3.84. The molecule has 0 bridgehead atoms. The molecule has 8 heteroatoms. The molecule has 0 saturated carbocycles. The third-order valence-corrected chi connectivity index (χ3v) is 7.62. The van der Waals surface area contributed by atoms with Crippen molar-refractivity contribution in [3.05, 3.63) is 35.3 Å². The molecule has 1 aromatic heterocycles. The fourth-order valence-corrected chi connectivity index (χ4v) is 6.12. The Balaban J connectivity index is 1.39. The van der Waals surface area contributed by atoms with Gasteiger partial charge in [-0.25, -0.2) is 4.98 Å². The molecule has 0 aliphatic carbocycles. The first kappa shape index (κ1) is 20.7. The minimum Gasteiger partial charge on any atom is -0.494 e. The number of carbonyl (C=O) groups excluding carboxylic acids is 1. The smallest absolute Gasteiger partial charge is 0.270 e. The summed E-state index contributed by atoms with van der Waals surface area (Å²) in [5.41, 5.74) is 1.52. The Morgan fingerprint density at radius 3 is 2.79 bits per heavy atom. The number of morpholine rings is 1. The van der Waals surface area contributed by atoms with Gasteiger partial charge in [0.2, 0.25) is 0 Å². The molecule has 1 amide bonds. The molecule has 0 spiro atoms. The van der Waals surface area contributed by atoms with E-state index in [-0.39, 0.29) is 11.4 Å². The maximum Gasteiger partial charge on any atom is 0.270 e. The van der Waals surface area contributed by atoms with Crippen molar-refractivity contribution < 1.29 is 14.3 Å². The Morgan fingerprint density at radius 1 is 1.31 bits per heavy atom. The summed E-state index contributed by atoms with van der Waals surface area (Å²) in [4.78, 5) is 19.8. The van der Waals surface area contributed by atoms with Crippen LogP contribution in [0.3, 0.4) is 0 Å². The van der Waals surface area contributed by atoms with Gasteiger partial charge in [0.15, 0.2) is 0 Å². The summed E-state index contributed by atoms with van der Waals surface area (Å²) in [5, 5.41) is 5.84. The number of ether oxygens (including phenoxy) is 2. The van der Waals surface area contributed by atoms with Gasteiger partial charge in [-0.3, -0.25) is 9.69 Å². The lowest BCUT2D eigenvalue weighted by Gasteiger charge is -2.43. The lowest BCUT2D eigenvalue weighted by atomic mass is 9.95. The average Bonchev–Trinajstić information content (AvgIpc) is 3.44. The summed E-state index contributed by atoms with van der Waals surface area (Å²) in [5.74, 6) is 2.95. The predicted octanol–water partition coefficient (Wildman–Crippen LogP) is 3.15. The fraction of sp³-hybridized carbons (Fsp3) is 0.524. The van der Waals surface area contributed by atoms with E-state index in [1.165, 1.54) is 11.3 Å². The molecule has 6 nitrogen and oxygen atoms in total. The Kier molecular flexibility index (Phi) is 6.74. The highest BCUT2D eigenvalue weighted by Gasteiger charge is 2.41. The molecule has 2 fully saturated rings. The molecule has 1 aromatic carbocycles. The highest BCUT2D eigenvalue weighted by atomic mass is 32.2. The van der Waals surface area contributed by atoms with Gasteiger partial charge in [0.1, 0.15) is 16.5 Å². The third-order valence-electron chi connectivity index (χ3n) is 5.49. The zero-order chi connectivity index (χ0) is 20.1. The van der Waals surface area contributed by atoms with Crippen LogP contribution in [0.5, 0.6) is 5.75 Å². The molecule has 2 aliphatic heterocycles. The second-order valence-electron chi connectivity index (χ2n) is 7.30.